The van der Waals surface area contributed by atoms with Crippen molar-refractivity contribution in [1.82, 2.24) is 0 Å². The average Bonchev–Trinajstić information content (AvgIpc) is 2.31. The lowest BCUT2D eigenvalue weighted by Gasteiger charge is -2.30. The van der Waals surface area contributed by atoms with E-state index in [1.54, 1.807) is 0 Å². The van der Waals surface area contributed by atoms with Crippen molar-refractivity contribution in [2.45, 2.75) is 42.4 Å². The van der Waals surface area contributed by atoms with E-state index in [1.807, 2.05) is 31.2 Å². The number of hydrogen-bond donors (Lipinski definition) is 1. The molecule has 1 aliphatic heterocycles. The summed E-state index contributed by atoms with van der Waals surface area (Å²) >= 11 is 1.52. The molecule has 3 atom stereocenters. The Balaban J connectivity index is 1.95. The molecular formula is C13H17FO2S. The summed E-state index contributed by atoms with van der Waals surface area (Å²) in [6.07, 6.45) is -0.526. The van der Waals surface area contributed by atoms with Gasteiger partial charge >= 0.3 is 0 Å². The third kappa shape index (κ3) is 3.69. The molecule has 3 unspecified atom stereocenters. The van der Waals surface area contributed by atoms with Crippen molar-refractivity contribution in [2.24, 2.45) is 0 Å². The first-order valence-corrected chi connectivity index (χ1v) is 6.69. The summed E-state index contributed by atoms with van der Waals surface area (Å²) in [5.74, 6) is 0. The minimum absolute atomic E-state index is 0.106. The molecule has 2 nitrogen and oxygen atoms in total. The zero-order valence-corrected chi connectivity index (χ0v) is 10.6. The maximum atomic E-state index is 13.4. The molecule has 17 heavy (non-hydrogen) atoms. The third-order valence-electron chi connectivity index (χ3n) is 2.80. The van der Waals surface area contributed by atoms with Crippen molar-refractivity contribution in [1.29, 1.82) is 0 Å². The van der Waals surface area contributed by atoms with Crippen LogP contribution >= 0.6 is 11.8 Å². The van der Waals surface area contributed by atoms with E-state index in [0.717, 1.165) is 4.90 Å². The predicted molar refractivity (Wildman–Crippen MR) is 66.9 cm³/mol. The first kappa shape index (κ1) is 12.9. The van der Waals surface area contributed by atoms with Gasteiger partial charge in [-0.05, 0) is 19.1 Å². The van der Waals surface area contributed by atoms with Crippen molar-refractivity contribution >= 4 is 11.8 Å². The standard InChI is InChI=1S/C13H17FO2S/c1-9-2-4-12(5-3-9)17-13-7-10(14)6-11(8-15)16-13/h2-5,10-11,13,15H,6-8H2,1H3. The van der Waals surface area contributed by atoms with Gasteiger partial charge in [-0.15, -0.1) is 0 Å². The van der Waals surface area contributed by atoms with Gasteiger partial charge in [-0.25, -0.2) is 4.39 Å². The molecule has 0 saturated carbocycles. The molecule has 0 aliphatic carbocycles. The van der Waals surface area contributed by atoms with Crippen LogP contribution in [0.15, 0.2) is 29.2 Å². The molecule has 1 aromatic carbocycles. The van der Waals surface area contributed by atoms with Crippen LogP contribution in [0.4, 0.5) is 4.39 Å². The smallest absolute Gasteiger partial charge is 0.111 e. The lowest BCUT2D eigenvalue weighted by atomic mass is 10.1. The van der Waals surface area contributed by atoms with Crippen LogP contribution in [-0.4, -0.2) is 29.4 Å². The number of alkyl halides is 1. The number of rotatable bonds is 3. The zero-order chi connectivity index (χ0) is 12.3. The summed E-state index contributed by atoms with van der Waals surface area (Å²) in [7, 11) is 0. The number of hydrogen-bond acceptors (Lipinski definition) is 3. The van der Waals surface area contributed by atoms with Gasteiger partial charge < -0.3 is 9.84 Å². The maximum Gasteiger partial charge on any atom is 0.111 e. The van der Waals surface area contributed by atoms with E-state index in [4.69, 9.17) is 9.84 Å². The van der Waals surface area contributed by atoms with Crippen LogP contribution in [-0.2, 0) is 4.74 Å². The fourth-order valence-electron chi connectivity index (χ4n) is 1.88. The topological polar surface area (TPSA) is 29.5 Å². The van der Waals surface area contributed by atoms with Crippen molar-refractivity contribution in [3.63, 3.8) is 0 Å². The lowest BCUT2D eigenvalue weighted by Crippen LogP contribution is -2.34. The molecule has 0 radical (unpaired) electrons. The number of aliphatic hydroxyl groups excluding tert-OH is 1. The summed E-state index contributed by atoms with van der Waals surface area (Å²) in [5.41, 5.74) is 1.01. The highest BCUT2D eigenvalue weighted by Gasteiger charge is 2.29. The molecule has 2 rings (SSSR count). The molecule has 4 heteroatoms. The van der Waals surface area contributed by atoms with Gasteiger partial charge in [-0.1, -0.05) is 29.5 Å². The molecule has 94 valence electrons. The van der Waals surface area contributed by atoms with Gasteiger partial charge in [-0.2, -0.15) is 0 Å². The van der Waals surface area contributed by atoms with Gasteiger partial charge in [0.2, 0.25) is 0 Å². The Bertz CT molecular complexity index is 355. The highest BCUT2D eigenvalue weighted by Crippen LogP contribution is 2.33. The van der Waals surface area contributed by atoms with Gasteiger partial charge in [0.05, 0.1) is 12.7 Å². The van der Waals surface area contributed by atoms with Gasteiger partial charge in [0.25, 0.3) is 0 Å². The van der Waals surface area contributed by atoms with Gasteiger partial charge in [0, 0.05) is 17.7 Å². The largest absolute Gasteiger partial charge is 0.394 e. The van der Waals surface area contributed by atoms with Gasteiger partial charge in [-0.3, -0.25) is 0 Å². The van der Waals surface area contributed by atoms with E-state index in [0.29, 0.717) is 12.8 Å². The zero-order valence-electron chi connectivity index (χ0n) is 9.80. The molecule has 1 aliphatic rings. The van der Waals surface area contributed by atoms with Crippen molar-refractivity contribution in [3.8, 4) is 0 Å². The average molecular weight is 256 g/mol. The summed E-state index contributed by atoms with van der Waals surface area (Å²) < 4.78 is 19.0. The fraction of sp³-hybridized carbons (Fsp3) is 0.538. The summed E-state index contributed by atoms with van der Waals surface area (Å²) in [4.78, 5) is 1.08. The molecule has 0 bridgehead atoms. The van der Waals surface area contributed by atoms with Crippen LogP contribution in [0.5, 0.6) is 0 Å². The van der Waals surface area contributed by atoms with E-state index in [-0.39, 0.29) is 18.1 Å². The molecule has 1 aromatic rings. The Morgan fingerprint density at radius 3 is 2.71 bits per heavy atom. The monoisotopic (exact) mass is 256 g/mol. The molecule has 0 aromatic heterocycles. The number of aryl methyl sites for hydroxylation is 1. The summed E-state index contributed by atoms with van der Waals surface area (Å²) in [5, 5.41) is 9.03. The molecule has 1 fully saturated rings. The molecule has 0 spiro atoms. The summed E-state index contributed by atoms with van der Waals surface area (Å²) in [6, 6.07) is 8.08. The Kier molecular flexibility index (Phi) is 4.42. The van der Waals surface area contributed by atoms with Crippen LogP contribution in [0.3, 0.4) is 0 Å². The Labute approximate surface area is 105 Å². The molecule has 0 amide bonds. The number of benzene rings is 1. The Hall–Kier alpha value is -0.580. The summed E-state index contributed by atoms with van der Waals surface area (Å²) in [6.45, 7) is 1.93. The van der Waals surface area contributed by atoms with E-state index in [2.05, 4.69) is 0 Å². The number of aliphatic hydroxyl groups is 1. The quantitative estimate of drug-likeness (QED) is 0.901. The fourth-order valence-corrected chi connectivity index (χ4v) is 2.99. The maximum absolute atomic E-state index is 13.4. The number of thioether (sulfide) groups is 1. The Morgan fingerprint density at radius 1 is 1.35 bits per heavy atom. The van der Waals surface area contributed by atoms with Crippen LogP contribution < -0.4 is 0 Å². The minimum atomic E-state index is -0.871. The van der Waals surface area contributed by atoms with Crippen LogP contribution in [0, 0.1) is 6.92 Å². The van der Waals surface area contributed by atoms with E-state index >= 15 is 0 Å². The molecule has 1 heterocycles. The normalized spacial score (nSPS) is 29.2. The minimum Gasteiger partial charge on any atom is -0.394 e. The lowest BCUT2D eigenvalue weighted by molar-refractivity contribution is -0.0594. The van der Waals surface area contributed by atoms with Crippen molar-refractivity contribution in [3.05, 3.63) is 29.8 Å². The van der Waals surface area contributed by atoms with Crippen molar-refractivity contribution < 1.29 is 14.2 Å². The highest BCUT2D eigenvalue weighted by atomic mass is 32.2. The van der Waals surface area contributed by atoms with E-state index in [1.165, 1.54) is 17.3 Å². The van der Waals surface area contributed by atoms with E-state index in [9.17, 15) is 4.39 Å². The van der Waals surface area contributed by atoms with Gasteiger partial charge in [0.15, 0.2) is 0 Å². The van der Waals surface area contributed by atoms with Crippen LogP contribution in [0.25, 0.3) is 0 Å². The first-order chi connectivity index (χ1) is 8.17. The second-order valence-corrected chi connectivity index (χ2v) is 5.60. The number of halogens is 1. The first-order valence-electron chi connectivity index (χ1n) is 5.81. The van der Waals surface area contributed by atoms with Gasteiger partial charge in [0.1, 0.15) is 11.6 Å². The highest BCUT2D eigenvalue weighted by molar-refractivity contribution is 7.99. The third-order valence-corrected chi connectivity index (χ3v) is 3.91. The second kappa shape index (κ2) is 5.85. The van der Waals surface area contributed by atoms with Crippen LogP contribution in [0.1, 0.15) is 18.4 Å². The van der Waals surface area contributed by atoms with Crippen molar-refractivity contribution in [2.75, 3.05) is 6.61 Å². The second-order valence-electron chi connectivity index (χ2n) is 4.37. The molecule has 1 saturated heterocycles. The predicted octanol–water partition coefficient (Wildman–Crippen LogP) is 2.92. The molecular weight excluding hydrogens is 239 g/mol. The SMILES string of the molecule is Cc1ccc(SC2CC(F)CC(CO)O2)cc1. The Morgan fingerprint density at radius 2 is 2.06 bits per heavy atom. The molecule has 1 N–H and O–H groups in total. The number of ether oxygens (including phenoxy) is 1. The van der Waals surface area contributed by atoms with Crippen LogP contribution in [0.2, 0.25) is 0 Å². The van der Waals surface area contributed by atoms with E-state index < -0.39 is 6.17 Å².